The number of amides is 1. The molecule has 1 N–H and O–H groups in total. The fourth-order valence-corrected chi connectivity index (χ4v) is 2.23. The normalized spacial score (nSPS) is 11.0. The third kappa shape index (κ3) is 6.32. The molecule has 2 aromatic rings. The summed E-state index contributed by atoms with van der Waals surface area (Å²) in [6, 6.07) is 18.2. The lowest BCUT2D eigenvalue weighted by Gasteiger charge is -2.19. The van der Waals surface area contributed by atoms with Crippen LogP contribution < -0.4 is 10.1 Å². The van der Waals surface area contributed by atoms with Gasteiger partial charge < -0.3 is 14.8 Å². The number of benzene rings is 2. The summed E-state index contributed by atoms with van der Waals surface area (Å²) in [7, 11) is 0. The van der Waals surface area contributed by atoms with E-state index in [0.717, 1.165) is 17.7 Å². The fourth-order valence-electron chi connectivity index (χ4n) is 2.23. The maximum atomic E-state index is 11.6. The van der Waals surface area contributed by atoms with Crippen LogP contribution >= 0.6 is 0 Å². The predicted octanol–water partition coefficient (Wildman–Crippen LogP) is 4.18. The third-order valence-electron chi connectivity index (χ3n) is 3.24. The van der Waals surface area contributed by atoms with E-state index in [4.69, 9.17) is 9.47 Å². The molecule has 24 heavy (non-hydrogen) atoms. The second-order valence-corrected chi connectivity index (χ2v) is 6.55. The average Bonchev–Trinajstić information content (AvgIpc) is 2.52. The largest absolute Gasteiger partial charge is 0.491 e. The van der Waals surface area contributed by atoms with Gasteiger partial charge in [-0.05, 0) is 38.0 Å². The number of hydrogen-bond donors (Lipinski definition) is 1. The minimum absolute atomic E-state index is 0.394. The molecule has 0 spiro atoms. The first-order valence-electron chi connectivity index (χ1n) is 8.15. The molecule has 0 saturated heterocycles. The van der Waals surface area contributed by atoms with E-state index < -0.39 is 11.7 Å². The number of rotatable bonds is 6. The Labute approximate surface area is 143 Å². The first kappa shape index (κ1) is 17.9. The Morgan fingerprint density at radius 3 is 2.38 bits per heavy atom. The van der Waals surface area contributed by atoms with Gasteiger partial charge >= 0.3 is 6.09 Å². The van der Waals surface area contributed by atoms with Crippen molar-refractivity contribution in [3.63, 3.8) is 0 Å². The van der Waals surface area contributed by atoms with Crippen LogP contribution in [0.1, 0.15) is 31.9 Å². The van der Waals surface area contributed by atoms with Crippen molar-refractivity contribution in [1.29, 1.82) is 0 Å². The lowest BCUT2D eigenvalue weighted by molar-refractivity contribution is 0.0520. The number of alkyl carbamates (subject to hydrolysis) is 1. The van der Waals surface area contributed by atoms with Gasteiger partial charge in [-0.2, -0.15) is 0 Å². The summed E-state index contributed by atoms with van der Waals surface area (Å²) in [6.45, 7) is 6.30. The molecule has 2 rings (SSSR count). The molecular weight excluding hydrogens is 302 g/mol. The van der Waals surface area contributed by atoms with E-state index in [9.17, 15) is 4.79 Å². The van der Waals surface area contributed by atoms with Crippen LogP contribution in [0.2, 0.25) is 0 Å². The van der Waals surface area contributed by atoms with E-state index >= 15 is 0 Å². The van der Waals surface area contributed by atoms with E-state index in [-0.39, 0.29) is 0 Å². The average molecular weight is 327 g/mol. The maximum Gasteiger partial charge on any atom is 0.407 e. The number of nitrogens with one attached hydrogen (secondary N) is 1. The topological polar surface area (TPSA) is 47.6 Å². The molecule has 1 amide bonds. The van der Waals surface area contributed by atoms with Crippen LogP contribution in [0, 0.1) is 0 Å². The van der Waals surface area contributed by atoms with Crippen molar-refractivity contribution in [2.24, 2.45) is 0 Å². The van der Waals surface area contributed by atoms with Crippen LogP contribution in [-0.2, 0) is 11.2 Å². The van der Waals surface area contributed by atoms with Gasteiger partial charge in [-0.1, -0.05) is 48.5 Å². The SMILES string of the molecule is CC(C)(C)OC(=O)NCCOc1ccccc1Cc1ccccc1. The van der Waals surface area contributed by atoms with Gasteiger partial charge in [0.2, 0.25) is 0 Å². The molecule has 0 bridgehead atoms. The minimum Gasteiger partial charge on any atom is -0.491 e. The Hall–Kier alpha value is -2.49. The van der Waals surface area contributed by atoms with E-state index in [1.54, 1.807) is 0 Å². The van der Waals surface area contributed by atoms with Crippen LogP contribution in [0.4, 0.5) is 4.79 Å². The van der Waals surface area contributed by atoms with Gasteiger partial charge in [-0.25, -0.2) is 4.79 Å². The van der Waals surface area contributed by atoms with Crippen LogP contribution in [0.5, 0.6) is 5.75 Å². The van der Waals surface area contributed by atoms with Crippen molar-refractivity contribution in [3.05, 3.63) is 65.7 Å². The Morgan fingerprint density at radius 2 is 1.67 bits per heavy atom. The zero-order valence-electron chi connectivity index (χ0n) is 14.5. The number of carbonyl (C=O) groups excluding carboxylic acids is 1. The van der Waals surface area contributed by atoms with E-state index in [2.05, 4.69) is 23.5 Å². The fraction of sp³-hybridized carbons (Fsp3) is 0.350. The molecular formula is C20H25NO3. The highest BCUT2D eigenvalue weighted by Crippen LogP contribution is 2.21. The van der Waals surface area contributed by atoms with Gasteiger partial charge in [0.1, 0.15) is 18.0 Å². The lowest BCUT2D eigenvalue weighted by atomic mass is 10.0. The standard InChI is InChI=1S/C20H25NO3/c1-20(2,3)24-19(22)21-13-14-23-18-12-8-7-11-17(18)15-16-9-5-4-6-10-16/h4-12H,13-15H2,1-3H3,(H,21,22). The first-order chi connectivity index (χ1) is 11.4. The molecule has 2 aromatic carbocycles. The Kier molecular flexibility index (Phi) is 6.24. The molecule has 0 heterocycles. The second kappa shape index (κ2) is 8.39. The molecule has 0 saturated carbocycles. The van der Waals surface area contributed by atoms with Gasteiger partial charge in [0.25, 0.3) is 0 Å². The van der Waals surface area contributed by atoms with Crippen molar-refractivity contribution >= 4 is 6.09 Å². The highest BCUT2D eigenvalue weighted by atomic mass is 16.6. The van der Waals surface area contributed by atoms with Crippen LogP contribution in [0.25, 0.3) is 0 Å². The number of hydrogen-bond acceptors (Lipinski definition) is 3. The third-order valence-corrected chi connectivity index (χ3v) is 3.24. The summed E-state index contributed by atoms with van der Waals surface area (Å²) in [5.74, 6) is 0.840. The first-order valence-corrected chi connectivity index (χ1v) is 8.15. The highest BCUT2D eigenvalue weighted by molar-refractivity contribution is 5.67. The molecule has 0 atom stereocenters. The molecule has 0 aliphatic heterocycles. The van der Waals surface area contributed by atoms with Crippen molar-refractivity contribution in [2.45, 2.75) is 32.8 Å². The zero-order valence-corrected chi connectivity index (χ0v) is 14.5. The Bertz CT molecular complexity index is 647. The number of carbonyl (C=O) groups is 1. The van der Waals surface area contributed by atoms with Crippen LogP contribution in [-0.4, -0.2) is 24.8 Å². The Balaban J connectivity index is 1.84. The summed E-state index contributed by atoms with van der Waals surface area (Å²) in [5.41, 5.74) is 1.87. The number of para-hydroxylation sites is 1. The quantitative estimate of drug-likeness (QED) is 0.810. The molecule has 0 radical (unpaired) electrons. The summed E-state index contributed by atoms with van der Waals surface area (Å²) >= 11 is 0. The maximum absolute atomic E-state index is 11.6. The van der Waals surface area contributed by atoms with Gasteiger partial charge in [0.15, 0.2) is 0 Å². The minimum atomic E-state index is -0.493. The van der Waals surface area contributed by atoms with Gasteiger partial charge in [-0.3, -0.25) is 0 Å². The molecule has 4 heteroatoms. The van der Waals surface area contributed by atoms with Crippen molar-refractivity contribution < 1.29 is 14.3 Å². The zero-order chi connectivity index (χ0) is 17.4. The van der Waals surface area contributed by atoms with E-state index in [1.807, 2.05) is 57.2 Å². The van der Waals surface area contributed by atoms with Crippen molar-refractivity contribution in [1.82, 2.24) is 5.32 Å². The van der Waals surface area contributed by atoms with Gasteiger partial charge in [0.05, 0.1) is 6.54 Å². The number of ether oxygens (including phenoxy) is 2. The van der Waals surface area contributed by atoms with Crippen LogP contribution in [0.3, 0.4) is 0 Å². The second-order valence-electron chi connectivity index (χ2n) is 6.55. The lowest BCUT2D eigenvalue weighted by Crippen LogP contribution is -2.34. The summed E-state index contributed by atoms with van der Waals surface area (Å²) in [6.07, 6.45) is 0.389. The summed E-state index contributed by atoms with van der Waals surface area (Å²) < 4.78 is 11.0. The molecule has 128 valence electrons. The monoisotopic (exact) mass is 327 g/mol. The smallest absolute Gasteiger partial charge is 0.407 e. The summed E-state index contributed by atoms with van der Waals surface area (Å²) in [5, 5.41) is 2.69. The molecule has 0 aromatic heterocycles. The van der Waals surface area contributed by atoms with Gasteiger partial charge in [0, 0.05) is 6.42 Å². The Morgan fingerprint density at radius 1 is 1.00 bits per heavy atom. The molecule has 0 aliphatic carbocycles. The van der Waals surface area contributed by atoms with E-state index in [0.29, 0.717) is 13.2 Å². The van der Waals surface area contributed by atoms with Gasteiger partial charge in [-0.15, -0.1) is 0 Å². The van der Waals surface area contributed by atoms with Crippen molar-refractivity contribution in [2.75, 3.05) is 13.2 Å². The molecule has 0 aliphatic rings. The van der Waals surface area contributed by atoms with E-state index in [1.165, 1.54) is 5.56 Å². The van der Waals surface area contributed by atoms with Crippen molar-refractivity contribution in [3.8, 4) is 5.75 Å². The summed E-state index contributed by atoms with van der Waals surface area (Å²) in [4.78, 5) is 11.6. The molecule has 4 nitrogen and oxygen atoms in total. The van der Waals surface area contributed by atoms with Crippen LogP contribution in [0.15, 0.2) is 54.6 Å². The predicted molar refractivity (Wildman–Crippen MR) is 95.4 cm³/mol. The molecule has 0 fully saturated rings. The highest BCUT2D eigenvalue weighted by Gasteiger charge is 2.15. The molecule has 0 unspecified atom stereocenters.